The Morgan fingerprint density at radius 2 is 2.14 bits per heavy atom. The first kappa shape index (κ1) is 15.0. The predicted octanol–water partition coefficient (Wildman–Crippen LogP) is 0.930. The Bertz CT molecular complexity index is 793. The highest BCUT2D eigenvalue weighted by molar-refractivity contribution is 7.92. The van der Waals surface area contributed by atoms with Crippen molar-refractivity contribution in [2.45, 2.75) is 11.8 Å². The molecule has 0 fully saturated rings. The normalized spacial score (nSPS) is 10.6. The first-order valence-corrected chi connectivity index (χ1v) is 7.50. The molecule has 0 amide bonds. The summed E-state index contributed by atoms with van der Waals surface area (Å²) in [6, 6.07) is 4.81. The van der Waals surface area contributed by atoms with Gasteiger partial charge in [-0.2, -0.15) is 0 Å². The van der Waals surface area contributed by atoms with Gasteiger partial charge in [-0.3, -0.25) is 9.71 Å². The van der Waals surface area contributed by atoms with Crippen molar-refractivity contribution < 1.29 is 13.5 Å². The molecule has 2 N–H and O–H groups in total. The Balaban J connectivity index is 2.39. The van der Waals surface area contributed by atoms with Gasteiger partial charge in [-0.25, -0.2) is 13.4 Å². The van der Waals surface area contributed by atoms with Crippen LogP contribution < -0.4 is 4.72 Å². The van der Waals surface area contributed by atoms with Crippen molar-refractivity contribution >= 4 is 15.8 Å². The lowest BCUT2D eigenvalue weighted by molar-refractivity contribution is 0.350. The summed E-state index contributed by atoms with van der Waals surface area (Å²) in [7, 11) is -3.77. The van der Waals surface area contributed by atoms with E-state index in [1.807, 2.05) is 0 Å². The zero-order valence-corrected chi connectivity index (χ0v) is 12.1. The van der Waals surface area contributed by atoms with Crippen LogP contribution in [0.2, 0.25) is 0 Å². The van der Waals surface area contributed by atoms with E-state index in [0.29, 0.717) is 11.1 Å². The molecule has 1 aromatic carbocycles. The number of aryl methyl sites for hydroxylation is 1. The third-order valence-electron chi connectivity index (χ3n) is 2.59. The molecule has 0 aliphatic heterocycles. The van der Waals surface area contributed by atoms with Gasteiger partial charge in [0.15, 0.2) is 5.82 Å². The van der Waals surface area contributed by atoms with Gasteiger partial charge < -0.3 is 5.11 Å². The molecule has 2 rings (SSSR count). The summed E-state index contributed by atoms with van der Waals surface area (Å²) in [5.41, 5.74) is 1.09. The summed E-state index contributed by atoms with van der Waals surface area (Å²) in [4.78, 5) is 7.79. The number of aromatic nitrogens is 2. The monoisotopic (exact) mass is 303 g/mol. The average Bonchev–Trinajstić information content (AvgIpc) is 2.47. The van der Waals surface area contributed by atoms with Crippen LogP contribution in [0, 0.1) is 18.8 Å². The highest BCUT2D eigenvalue weighted by Crippen LogP contribution is 2.19. The Morgan fingerprint density at radius 1 is 1.33 bits per heavy atom. The Hall–Kier alpha value is -2.43. The van der Waals surface area contributed by atoms with E-state index in [4.69, 9.17) is 5.11 Å². The SMILES string of the molecule is Cc1ccc(C#CCO)cc1S(=O)(=O)Nc1cnccn1. The number of aliphatic hydroxyl groups excluding tert-OH is 1. The molecule has 0 aliphatic carbocycles. The molecule has 2 aromatic rings. The van der Waals surface area contributed by atoms with Crippen LogP contribution in [0.25, 0.3) is 0 Å². The van der Waals surface area contributed by atoms with Crippen LogP contribution in [0.15, 0.2) is 41.7 Å². The van der Waals surface area contributed by atoms with Crippen LogP contribution in [-0.4, -0.2) is 30.1 Å². The molecule has 1 aromatic heterocycles. The van der Waals surface area contributed by atoms with E-state index in [1.54, 1.807) is 19.1 Å². The van der Waals surface area contributed by atoms with E-state index in [0.717, 1.165) is 0 Å². The lowest BCUT2D eigenvalue weighted by Crippen LogP contribution is -2.15. The van der Waals surface area contributed by atoms with E-state index < -0.39 is 10.0 Å². The van der Waals surface area contributed by atoms with Gasteiger partial charge in [-0.1, -0.05) is 17.9 Å². The summed E-state index contributed by atoms with van der Waals surface area (Å²) >= 11 is 0. The van der Waals surface area contributed by atoms with Crippen molar-refractivity contribution in [1.29, 1.82) is 0 Å². The average molecular weight is 303 g/mol. The number of benzene rings is 1. The molecule has 6 nitrogen and oxygen atoms in total. The third kappa shape index (κ3) is 3.78. The Labute approximate surface area is 122 Å². The minimum Gasteiger partial charge on any atom is -0.384 e. The van der Waals surface area contributed by atoms with Crippen molar-refractivity contribution in [1.82, 2.24) is 9.97 Å². The molecular formula is C14H13N3O3S. The summed E-state index contributed by atoms with van der Waals surface area (Å²) < 4.78 is 27.1. The van der Waals surface area contributed by atoms with Gasteiger partial charge in [0.2, 0.25) is 0 Å². The molecule has 0 spiro atoms. The fourth-order valence-corrected chi connectivity index (χ4v) is 2.92. The van der Waals surface area contributed by atoms with E-state index in [1.165, 1.54) is 24.7 Å². The van der Waals surface area contributed by atoms with Crippen LogP contribution in [0.3, 0.4) is 0 Å². The largest absolute Gasteiger partial charge is 0.384 e. The van der Waals surface area contributed by atoms with Crippen LogP contribution in [-0.2, 0) is 10.0 Å². The molecule has 0 atom stereocenters. The van der Waals surface area contributed by atoms with E-state index in [9.17, 15) is 8.42 Å². The minimum atomic E-state index is -3.77. The smallest absolute Gasteiger partial charge is 0.263 e. The minimum absolute atomic E-state index is 0.109. The molecule has 1 heterocycles. The molecule has 21 heavy (non-hydrogen) atoms. The molecule has 108 valence electrons. The van der Waals surface area contributed by atoms with Gasteiger partial charge >= 0.3 is 0 Å². The second-order valence-corrected chi connectivity index (χ2v) is 5.79. The molecule has 0 aliphatic rings. The molecule has 0 saturated heterocycles. The highest BCUT2D eigenvalue weighted by atomic mass is 32.2. The van der Waals surface area contributed by atoms with Crippen LogP contribution in [0.1, 0.15) is 11.1 Å². The van der Waals surface area contributed by atoms with Gasteiger partial charge in [0.25, 0.3) is 10.0 Å². The molecule has 0 radical (unpaired) electrons. The predicted molar refractivity (Wildman–Crippen MR) is 78.0 cm³/mol. The second-order valence-electron chi connectivity index (χ2n) is 4.14. The first-order valence-electron chi connectivity index (χ1n) is 6.02. The van der Waals surface area contributed by atoms with Crippen molar-refractivity contribution in [2.75, 3.05) is 11.3 Å². The van der Waals surface area contributed by atoms with Crippen LogP contribution in [0.5, 0.6) is 0 Å². The second kappa shape index (κ2) is 6.35. The van der Waals surface area contributed by atoms with Crippen molar-refractivity contribution in [3.63, 3.8) is 0 Å². The molecular weight excluding hydrogens is 290 g/mol. The number of aliphatic hydroxyl groups is 1. The molecule has 0 bridgehead atoms. The maximum Gasteiger partial charge on any atom is 0.263 e. The summed E-state index contributed by atoms with van der Waals surface area (Å²) in [6.07, 6.45) is 4.17. The molecule has 0 unspecified atom stereocenters. The summed E-state index contributed by atoms with van der Waals surface area (Å²) in [5.74, 6) is 5.30. The number of rotatable bonds is 3. The maximum absolute atomic E-state index is 12.4. The van der Waals surface area contributed by atoms with Gasteiger partial charge in [0.1, 0.15) is 6.61 Å². The lowest BCUT2D eigenvalue weighted by atomic mass is 10.1. The number of sulfonamides is 1. The zero-order chi connectivity index (χ0) is 15.3. The standard InChI is InChI=1S/C14H13N3O3S/c1-11-4-5-12(3-2-8-18)9-13(11)21(19,20)17-14-10-15-6-7-16-14/h4-7,9-10,18H,8H2,1H3,(H,16,17). The summed E-state index contributed by atoms with van der Waals surface area (Å²) in [5, 5.41) is 8.69. The Morgan fingerprint density at radius 3 is 2.81 bits per heavy atom. The van der Waals surface area contributed by atoms with Crippen molar-refractivity contribution in [3.05, 3.63) is 47.9 Å². The molecule has 7 heteroatoms. The van der Waals surface area contributed by atoms with Crippen LogP contribution in [0.4, 0.5) is 5.82 Å². The Kier molecular flexibility index (Phi) is 4.52. The highest BCUT2D eigenvalue weighted by Gasteiger charge is 2.18. The third-order valence-corrected chi connectivity index (χ3v) is 4.09. The number of hydrogen-bond donors (Lipinski definition) is 2. The molecule has 0 saturated carbocycles. The summed E-state index contributed by atoms with van der Waals surface area (Å²) in [6.45, 7) is 1.41. The number of hydrogen-bond acceptors (Lipinski definition) is 5. The maximum atomic E-state index is 12.4. The van der Waals surface area contributed by atoms with E-state index in [-0.39, 0.29) is 17.3 Å². The quantitative estimate of drug-likeness (QED) is 0.823. The zero-order valence-electron chi connectivity index (χ0n) is 11.2. The topological polar surface area (TPSA) is 92.2 Å². The fraction of sp³-hybridized carbons (Fsp3) is 0.143. The first-order chi connectivity index (χ1) is 10.0. The number of nitrogens with one attached hydrogen (secondary N) is 1. The van der Waals surface area contributed by atoms with Crippen molar-refractivity contribution in [2.24, 2.45) is 0 Å². The van der Waals surface area contributed by atoms with E-state index in [2.05, 4.69) is 26.5 Å². The van der Waals surface area contributed by atoms with E-state index >= 15 is 0 Å². The number of anilines is 1. The lowest BCUT2D eigenvalue weighted by Gasteiger charge is -2.09. The van der Waals surface area contributed by atoms with Gasteiger partial charge in [0.05, 0.1) is 11.1 Å². The van der Waals surface area contributed by atoms with Crippen molar-refractivity contribution in [3.8, 4) is 11.8 Å². The fourth-order valence-electron chi connectivity index (χ4n) is 1.65. The van der Waals surface area contributed by atoms with Crippen LogP contribution >= 0.6 is 0 Å². The van der Waals surface area contributed by atoms with Gasteiger partial charge in [-0.05, 0) is 24.6 Å². The number of nitrogens with zero attached hydrogens (tertiary/aromatic N) is 2. The van der Waals surface area contributed by atoms with Gasteiger partial charge in [0, 0.05) is 18.0 Å². The van der Waals surface area contributed by atoms with Gasteiger partial charge in [-0.15, -0.1) is 0 Å².